The molecule has 0 amide bonds. The van der Waals surface area contributed by atoms with E-state index in [0.29, 0.717) is 25.3 Å². The molecule has 2 aromatic carbocycles. The Morgan fingerprint density at radius 1 is 0.868 bits per heavy atom. The first-order valence-electron chi connectivity index (χ1n) is 11.0. The number of hydrogen-bond acceptors (Lipinski definition) is 8. The van der Waals surface area contributed by atoms with Crippen molar-refractivity contribution in [3.05, 3.63) is 107 Å². The summed E-state index contributed by atoms with van der Waals surface area (Å²) in [7, 11) is 0. The number of benzene rings is 2. The Balaban J connectivity index is 1.93. The zero-order chi connectivity index (χ0) is 27.4. The average molecular weight is 630 g/mol. The van der Waals surface area contributed by atoms with Crippen molar-refractivity contribution >= 4 is 59.4 Å². The molecular formula is C28H14Br2N4O4. The van der Waals surface area contributed by atoms with Crippen LogP contribution in [-0.2, 0) is 5.41 Å². The fraction of sp³-hybridized carbons (Fsp3) is 0.107. The monoisotopic (exact) mass is 628 g/mol. The minimum Gasteiger partial charge on any atom is -0.422 e. The summed E-state index contributed by atoms with van der Waals surface area (Å²) >= 11 is 6.87. The Morgan fingerprint density at radius 2 is 1.42 bits per heavy atom. The van der Waals surface area contributed by atoms with Crippen LogP contribution in [0, 0.1) is 39.4 Å². The molecule has 0 saturated heterocycles. The molecule has 1 unspecified atom stereocenters. The van der Waals surface area contributed by atoms with Crippen molar-refractivity contribution in [1.29, 1.82) is 15.8 Å². The van der Waals surface area contributed by atoms with Gasteiger partial charge in [0, 0.05) is 25.3 Å². The third-order valence-electron chi connectivity index (χ3n) is 6.90. The van der Waals surface area contributed by atoms with E-state index in [1.165, 1.54) is 25.1 Å². The van der Waals surface area contributed by atoms with Crippen LogP contribution in [0.5, 0.6) is 0 Å². The first kappa shape index (κ1) is 25.2. The van der Waals surface area contributed by atoms with Gasteiger partial charge in [-0.05, 0) is 43.3 Å². The van der Waals surface area contributed by atoms with Crippen LogP contribution in [0.1, 0.15) is 18.1 Å². The fourth-order valence-corrected chi connectivity index (χ4v) is 5.76. The Hall–Kier alpha value is -4.43. The second kappa shape index (κ2) is 8.85. The molecule has 8 nitrogen and oxygen atoms in total. The molecule has 1 aliphatic carbocycles. The molecule has 10 heteroatoms. The third-order valence-corrected chi connectivity index (χ3v) is 8.28. The quantitative estimate of drug-likeness (QED) is 0.283. The van der Waals surface area contributed by atoms with Gasteiger partial charge >= 0.3 is 11.3 Å². The largest absolute Gasteiger partial charge is 0.422 e. The normalized spacial score (nSPS) is 18.5. The van der Waals surface area contributed by atoms with Gasteiger partial charge in [0.05, 0.1) is 40.0 Å². The Bertz CT molecular complexity index is 2000. The molecule has 0 aliphatic heterocycles. The molecule has 0 bridgehead atoms. The SMILES string of the molecule is CC1(c2cc3c(Br)cccc3oc2=O)C=C(c2cc3c(Br)cccc3oc2=O)C(C#N)=C(N)C1(C#N)C#N. The van der Waals surface area contributed by atoms with Crippen molar-refractivity contribution in [3.63, 3.8) is 0 Å². The van der Waals surface area contributed by atoms with E-state index in [0.717, 1.165) is 0 Å². The number of hydrogen-bond donors (Lipinski definition) is 1. The zero-order valence-corrected chi connectivity index (χ0v) is 22.7. The number of nitrogens with two attached hydrogens (primary N) is 1. The minimum absolute atomic E-state index is 0.0223. The van der Waals surface area contributed by atoms with E-state index >= 15 is 0 Å². The van der Waals surface area contributed by atoms with Crippen molar-refractivity contribution in [2.45, 2.75) is 12.3 Å². The van der Waals surface area contributed by atoms with E-state index in [-0.39, 0.29) is 33.6 Å². The molecule has 2 heterocycles. The first-order valence-corrected chi connectivity index (χ1v) is 12.6. The van der Waals surface area contributed by atoms with E-state index in [1.807, 2.05) is 18.2 Å². The summed E-state index contributed by atoms with van der Waals surface area (Å²) in [5.41, 5.74) is 0.854. The van der Waals surface area contributed by atoms with Crippen LogP contribution in [0.4, 0.5) is 0 Å². The maximum atomic E-state index is 13.3. The predicted molar refractivity (Wildman–Crippen MR) is 146 cm³/mol. The van der Waals surface area contributed by atoms with E-state index in [4.69, 9.17) is 14.6 Å². The maximum absolute atomic E-state index is 13.3. The van der Waals surface area contributed by atoms with Gasteiger partial charge in [0.25, 0.3) is 0 Å². The van der Waals surface area contributed by atoms with E-state index in [1.54, 1.807) is 36.4 Å². The van der Waals surface area contributed by atoms with Crippen LogP contribution in [0.2, 0.25) is 0 Å². The lowest BCUT2D eigenvalue weighted by atomic mass is 9.56. The molecule has 2 aromatic heterocycles. The van der Waals surface area contributed by atoms with Crippen LogP contribution < -0.4 is 17.0 Å². The second-order valence-corrected chi connectivity index (χ2v) is 10.5. The third kappa shape index (κ3) is 3.37. The van der Waals surface area contributed by atoms with Crippen LogP contribution in [0.25, 0.3) is 27.5 Å². The van der Waals surface area contributed by atoms with E-state index in [2.05, 4.69) is 31.9 Å². The first-order chi connectivity index (χ1) is 18.1. The van der Waals surface area contributed by atoms with Crippen molar-refractivity contribution in [2.24, 2.45) is 11.1 Å². The number of allylic oxidation sites excluding steroid dienone is 4. The van der Waals surface area contributed by atoms with Gasteiger partial charge in [-0.2, -0.15) is 15.8 Å². The summed E-state index contributed by atoms with van der Waals surface area (Å²) in [6, 6.07) is 19.0. The predicted octanol–water partition coefficient (Wildman–Crippen LogP) is 5.55. The molecule has 0 radical (unpaired) electrons. The lowest BCUT2D eigenvalue weighted by Crippen LogP contribution is -2.49. The van der Waals surface area contributed by atoms with Gasteiger partial charge in [0.1, 0.15) is 17.2 Å². The second-order valence-electron chi connectivity index (χ2n) is 8.83. The number of fused-ring (bicyclic) bond motifs is 2. The van der Waals surface area contributed by atoms with E-state index in [9.17, 15) is 25.4 Å². The Kier molecular flexibility index (Phi) is 5.87. The Morgan fingerprint density at radius 3 is 1.97 bits per heavy atom. The number of rotatable bonds is 2. The molecule has 2 N–H and O–H groups in total. The summed E-state index contributed by atoms with van der Waals surface area (Å²) in [5.74, 6) is 0. The molecule has 184 valence electrons. The lowest BCUT2D eigenvalue weighted by Gasteiger charge is -2.41. The van der Waals surface area contributed by atoms with Gasteiger partial charge in [-0.1, -0.05) is 50.1 Å². The summed E-state index contributed by atoms with van der Waals surface area (Å²) < 4.78 is 12.3. The molecule has 4 aromatic rings. The highest BCUT2D eigenvalue weighted by Crippen LogP contribution is 2.52. The van der Waals surface area contributed by atoms with Crippen LogP contribution in [0.3, 0.4) is 0 Å². The lowest BCUT2D eigenvalue weighted by molar-refractivity contribution is 0.372. The van der Waals surface area contributed by atoms with Crippen molar-refractivity contribution in [2.75, 3.05) is 0 Å². The van der Waals surface area contributed by atoms with Gasteiger partial charge in [0.15, 0.2) is 5.41 Å². The van der Waals surface area contributed by atoms with Crippen molar-refractivity contribution < 1.29 is 8.83 Å². The molecule has 1 atom stereocenters. The molecule has 5 rings (SSSR count). The van der Waals surface area contributed by atoms with Gasteiger partial charge < -0.3 is 14.6 Å². The highest BCUT2D eigenvalue weighted by Gasteiger charge is 2.57. The fourth-order valence-electron chi connectivity index (χ4n) is 4.83. The van der Waals surface area contributed by atoms with Gasteiger partial charge in [-0.3, -0.25) is 0 Å². The molecular weight excluding hydrogens is 616 g/mol. The number of nitriles is 3. The number of halogens is 2. The van der Waals surface area contributed by atoms with Crippen molar-refractivity contribution in [1.82, 2.24) is 0 Å². The summed E-state index contributed by atoms with van der Waals surface area (Å²) in [5, 5.41) is 31.8. The van der Waals surface area contributed by atoms with Crippen molar-refractivity contribution in [3.8, 4) is 18.2 Å². The zero-order valence-electron chi connectivity index (χ0n) is 19.5. The summed E-state index contributed by atoms with van der Waals surface area (Å²) in [4.78, 5) is 26.5. The van der Waals surface area contributed by atoms with Crippen LogP contribution in [-0.4, -0.2) is 0 Å². The van der Waals surface area contributed by atoms with E-state index < -0.39 is 22.1 Å². The van der Waals surface area contributed by atoms with Crippen LogP contribution >= 0.6 is 31.9 Å². The standard InChI is InChI=1S/C28H14Br2N4O4/c1-27(19-9-16-21(30)5-3-7-23(16)38-26(19)36)10-17(18(11-31)24(34)28(27,12-32)13-33)14-8-15-20(29)4-2-6-22(15)37-25(14)35/h2-10H,34H2,1H3. The topological polar surface area (TPSA) is 158 Å². The molecule has 0 spiro atoms. The van der Waals surface area contributed by atoms with Crippen LogP contribution in [0.15, 0.2) is 93.2 Å². The average Bonchev–Trinajstić information content (AvgIpc) is 2.89. The van der Waals surface area contributed by atoms with Gasteiger partial charge in [-0.25, -0.2) is 9.59 Å². The minimum atomic E-state index is -2.18. The molecule has 0 saturated carbocycles. The smallest absolute Gasteiger partial charge is 0.344 e. The highest BCUT2D eigenvalue weighted by atomic mass is 79.9. The number of nitrogens with zero attached hydrogens (tertiary/aromatic N) is 3. The summed E-state index contributed by atoms with van der Waals surface area (Å²) in [6.45, 7) is 1.48. The summed E-state index contributed by atoms with van der Waals surface area (Å²) in [6.07, 6.45) is 1.39. The molecule has 0 fully saturated rings. The highest BCUT2D eigenvalue weighted by molar-refractivity contribution is 9.11. The molecule has 38 heavy (non-hydrogen) atoms. The molecule has 1 aliphatic rings. The Labute approximate surface area is 231 Å². The van der Waals surface area contributed by atoms with Gasteiger partial charge in [-0.15, -0.1) is 0 Å². The van der Waals surface area contributed by atoms with Gasteiger partial charge in [0.2, 0.25) is 0 Å². The maximum Gasteiger partial charge on any atom is 0.344 e.